The molecule has 1 fully saturated rings. The molecule has 2 nitrogen and oxygen atoms in total. The lowest BCUT2D eigenvalue weighted by Gasteiger charge is -2.52. The number of hydrogen-bond acceptors (Lipinski definition) is 2. The summed E-state index contributed by atoms with van der Waals surface area (Å²) in [7, 11) is -2.32. The highest BCUT2D eigenvalue weighted by atomic mass is 28.3. The lowest BCUT2D eigenvalue weighted by atomic mass is 10.3. The molecule has 136 valence electrons. The molecule has 4 rings (SSSR count). The zero-order valence-corrected chi connectivity index (χ0v) is 16.8. The summed E-state index contributed by atoms with van der Waals surface area (Å²) < 4.78 is 2.71. The summed E-state index contributed by atoms with van der Waals surface area (Å²) in [5.74, 6) is 0. The Hall–Kier alpha value is -2.62. The molecule has 1 N–H and O–H groups in total. The molecule has 0 saturated carbocycles. The number of nitrogens with zero attached hydrogens (tertiary/aromatic N) is 1. The monoisotopic (exact) mass is 370 g/mol. The molecule has 1 unspecified atom stereocenters. The molecule has 1 saturated heterocycles. The van der Waals surface area contributed by atoms with E-state index < -0.39 is 8.24 Å². The summed E-state index contributed by atoms with van der Waals surface area (Å²) in [6, 6.07) is 33.1. The van der Waals surface area contributed by atoms with Gasteiger partial charge in [-0.1, -0.05) is 91.0 Å². The van der Waals surface area contributed by atoms with Crippen molar-refractivity contribution in [3.8, 4) is 0 Å². The van der Waals surface area contributed by atoms with E-state index >= 15 is 0 Å². The van der Waals surface area contributed by atoms with Crippen LogP contribution < -0.4 is 20.3 Å². The van der Waals surface area contributed by atoms with E-state index in [0.717, 1.165) is 13.1 Å². The summed E-state index contributed by atoms with van der Waals surface area (Å²) in [5, 5.41) is 6.72. The Morgan fingerprint density at radius 1 is 0.815 bits per heavy atom. The van der Waals surface area contributed by atoms with Crippen molar-refractivity contribution in [3.05, 3.63) is 103 Å². The van der Waals surface area contributed by atoms with Gasteiger partial charge in [0.2, 0.25) is 8.24 Å². The van der Waals surface area contributed by atoms with Crippen molar-refractivity contribution < 1.29 is 0 Å². The molecular weight excluding hydrogens is 344 g/mol. The number of hydrogen-bond donors (Lipinski definition) is 1. The van der Waals surface area contributed by atoms with Gasteiger partial charge in [-0.25, -0.2) is 0 Å². The van der Waals surface area contributed by atoms with Gasteiger partial charge in [-0.3, -0.25) is 0 Å². The zero-order valence-electron chi connectivity index (χ0n) is 15.8. The standard InChI is InChI=1S/C24H26N2Si/c1-2-12-24-25-19-20-26(21-13-6-3-7-14-21)27(24,22-15-8-4-9-16-22)23-17-10-5-11-18-23/h2-18,24-25H,19-20H2,1H3. The number of anilines is 1. The van der Waals surface area contributed by atoms with Gasteiger partial charge in [-0.2, -0.15) is 0 Å². The lowest BCUT2D eigenvalue weighted by Crippen LogP contribution is -2.82. The van der Waals surface area contributed by atoms with Crippen molar-refractivity contribution >= 4 is 24.3 Å². The fourth-order valence-corrected chi connectivity index (χ4v) is 9.73. The van der Waals surface area contributed by atoms with Crippen LogP contribution in [0.15, 0.2) is 103 Å². The number of rotatable bonds is 4. The minimum atomic E-state index is -2.32. The Bertz CT molecular complexity index is 839. The maximum Gasteiger partial charge on any atom is 0.241 e. The number of benzene rings is 3. The summed E-state index contributed by atoms with van der Waals surface area (Å²) in [4.78, 5) is 0. The summed E-state index contributed by atoms with van der Waals surface area (Å²) in [6.07, 6.45) is 4.56. The molecule has 1 aliphatic heterocycles. The van der Waals surface area contributed by atoms with Gasteiger partial charge in [-0.05, 0) is 29.4 Å². The minimum Gasteiger partial charge on any atom is -0.388 e. The first-order valence-corrected chi connectivity index (χ1v) is 11.7. The second-order valence-electron chi connectivity index (χ2n) is 6.94. The topological polar surface area (TPSA) is 15.3 Å². The average molecular weight is 371 g/mol. The van der Waals surface area contributed by atoms with Gasteiger partial charge in [0.25, 0.3) is 0 Å². The van der Waals surface area contributed by atoms with Crippen LogP contribution in [0.2, 0.25) is 0 Å². The van der Waals surface area contributed by atoms with Crippen molar-refractivity contribution in [2.75, 3.05) is 17.7 Å². The first kappa shape index (κ1) is 17.8. The molecule has 1 heterocycles. The van der Waals surface area contributed by atoms with Crippen molar-refractivity contribution in [1.82, 2.24) is 5.32 Å². The second kappa shape index (κ2) is 7.95. The van der Waals surface area contributed by atoms with E-state index in [-0.39, 0.29) is 0 Å². The van der Waals surface area contributed by atoms with Gasteiger partial charge in [0.05, 0.1) is 0 Å². The van der Waals surface area contributed by atoms with Crippen molar-refractivity contribution in [2.24, 2.45) is 0 Å². The maximum absolute atomic E-state index is 3.84. The smallest absolute Gasteiger partial charge is 0.241 e. The Kier molecular flexibility index (Phi) is 5.23. The van der Waals surface area contributed by atoms with Crippen LogP contribution in [0.1, 0.15) is 6.92 Å². The van der Waals surface area contributed by atoms with Gasteiger partial charge in [0.15, 0.2) is 0 Å². The Labute approximate surface area is 163 Å². The summed E-state index contributed by atoms with van der Waals surface area (Å²) in [6.45, 7) is 4.12. The highest BCUT2D eigenvalue weighted by Crippen LogP contribution is 2.27. The average Bonchev–Trinajstić information content (AvgIpc) is 2.76. The first-order valence-electron chi connectivity index (χ1n) is 9.67. The van der Waals surface area contributed by atoms with E-state index in [1.54, 1.807) is 0 Å². The first-order chi connectivity index (χ1) is 13.4. The molecule has 3 heteroatoms. The fourth-order valence-electron chi connectivity index (χ4n) is 4.39. The lowest BCUT2D eigenvalue weighted by molar-refractivity contribution is 0.658. The van der Waals surface area contributed by atoms with Gasteiger partial charge in [0.1, 0.15) is 0 Å². The third kappa shape index (κ3) is 3.13. The van der Waals surface area contributed by atoms with E-state index in [9.17, 15) is 0 Å². The molecule has 27 heavy (non-hydrogen) atoms. The van der Waals surface area contributed by atoms with Crippen molar-refractivity contribution in [2.45, 2.75) is 12.6 Å². The Balaban J connectivity index is 2.02. The van der Waals surface area contributed by atoms with E-state index in [2.05, 4.69) is 120 Å². The van der Waals surface area contributed by atoms with Gasteiger partial charge >= 0.3 is 0 Å². The second-order valence-corrected chi connectivity index (χ2v) is 10.8. The third-order valence-corrected chi connectivity index (χ3v) is 10.5. The van der Waals surface area contributed by atoms with E-state index in [0.29, 0.717) is 5.67 Å². The third-order valence-electron chi connectivity index (χ3n) is 5.46. The van der Waals surface area contributed by atoms with Crippen LogP contribution in [0.25, 0.3) is 0 Å². The molecule has 3 aromatic carbocycles. The molecule has 0 aliphatic carbocycles. The highest BCUT2D eigenvalue weighted by Gasteiger charge is 2.51. The molecule has 0 spiro atoms. The predicted molar refractivity (Wildman–Crippen MR) is 118 cm³/mol. The van der Waals surface area contributed by atoms with Crippen LogP contribution in [-0.2, 0) is 0 Å². The molecule has 0 bridgehead atoms. The molecule has 0 aromatic heterocycles. The zero-order chi connectivity index (χ0) is 18.5. The Morgan fingerprint density at radius 3 is 1.85 bits per heavy atom. The maximum atomic E-state index is 3.84. The largest absolute Gasteiger partial charge is 0.388 e. The normalized spacial score (nSPS) is 19.3. The number of nitrogens with one attached hydrogen (secondary N) is 1. The van der Waals surface area contributed by atoms with Crippen LogP contribution >= 0.6 is 0 Å². The van der Waals surface area contributed by atoms with Crippen LogP contribution in [0.4, 0.5) is 5.69 Å². The fraction of sp³-hybridized carbons (Fsp3) is 0.167. The molecule has 3 aromatic rings. The number of allylic oxidation sites excluding steroid dienone is 1. The van der Waals surface area contributed by atoms with Crippen LogP contribution in [0.5, 0.6) is 0 Å². The van der Waals surface area contributed by atoms with Gasteiger partial charge in [0, 0.05) is 24.4 Å². The number of para-hydroxylation sites is 1. The van der Waals surface area contributed by atoms with Crippen molar-refractivity contribution in [1.29, 1.82) is 0 Å². The predicted octanol–water partition coefficient (Wildman–Crippen LogP) is 3.34. The summed E-state index contributed by atoms with van der Waals surface area (Å²) in [5.41, 5.74) is 1.62. The minimum absolute atomic E-state index is 0.307. The van der Waals surface area contributed by atoms with E-state index in [4.69, 9.17) is 0 Å². The van der Waals surface area contributed by atoms with Crippen LogP contribution in [0, 0.1) is 0 Å². The van der Waals surface area contributed by atoms with Gasteiger partial charge < -0.3 is 9.88 Å². The summed E-state index contributed by atoms with van der Waals surface area (Å²) >= 11 is 0. The van der Waals surface area contributed by atoms with E-state index in [1.165, 1.54) is 16.1 Å². The SMILES string of the molecule is CC=CC1NCCN(c2ccccc2)[Si]1(c1ccccc1)c1ccccc1. The van der Waals surface area contributed by atoms with Crippen molar-refractivity contribution in [3.63, 3.8) is 0 Å². The molecule has 0 radical (unpaired) electrons. The Morgan fingerprint density at radius 2 is 1.33 bits per heavy atom. The van der Waals surface area contributed by atoms with E-state index in [1.807, 2.05) is 0 Å². The molecule has 0 amide bonds. The highest BCUT2D eigenvalue weighted by molar-refractivity contribution is 7.06. The van der Waals surface area contributed by atoms with Gasteiger partial charge in [-0.15, -0.1) is 0 Å². The quantitative estimate of drug-likeness (QED) is 0.560. The molecule has 1 aliphatic rings. The van der Waals surface area contributed by atoms with Crippen LogP contribution in [-0.4, -0.2) is 27.0 Å². The molecular formula is C24H26N2Si. The van der Waals surface area contributed by atoms with Crippen LogP contribution in [0.3, 0.4) is 0 Å². The molecule has 1 atom stereocenters.